The summed E-state index contributed by atoms with van der Waals surface area (Å²) in [5, 5.41) is 3.13. The summed E-state index contributed by atoms with van der Waals surface area (Å²) in [6.07, 6.45) is 3.47. The number of hydrogen-bond acceptors (Lipinski definition) is 3. The molecule has 6 heteroatoms. The maximum Gasteiger partial charge on any atom is 0.414 e. The highest BCUT2D eigenvalue weighted by Gasteiger charge is 2.50. The van der Waals surface area contributed by atoms with Crippen molar-refractivity contribution in [2.75, 3.05) is 12.0 Å². The second kappa shape index (κ2) is 6.06. The molecule has 1 aliphatic heterocycles. The summed E-state index contributed by atoms with van der Waals surface area (Å²) in [5.41, 5.74) is 3.23. The Bertz CT molecular complexity index is 968. The normalized spacial score (nSPS) is 23.3. The molecule has 2 amide bonds. The Balaban J connectivity index is 1.42. The first-order chi connectivity index (χ1) is 13.5. The number of amides is 2. The molecule has 2 saturated carbocycles. The van der Waals surface area contributed by atoms with Crippen molar-refractivity contribution in [1.82, 2.24) is 5.32 Å². The predicted molar refractivity (Wildman–Crippen MR) is 102 cm³/mol. The summed E-state index contributed by atoms with van der Waals surface area (Å²) in [6, 6.07) is 11.9. The summed E-state index contributed by atoms with van der Waals surface area (Å²) < 4.78 is 18.1. The maximum absolute atomic E-state index is 13.1. The third kappa shape index (κ3) is 2.51. The van der Waals surface area contributed by atoms with Crippen LogP contribution >= 0.6 is 0 Å². The Hall–Kier alpha value is -2.89. The molecule has 0 spiro atoms. The number of nitrogens with one attached hydrogen (secondary N) is 1. The maximum atomic E-state index is 13.1. The average Bonchev–Trinajstić information content (AvgIpc) is 3.41. The highest BCUT2D eigenvalue weighted by atomic mass is 19.1. The lowest BCUT2D eigenvalue weighted by atomic mass is 9.77. The van der Waals surface area contributed by atoms with Crippen molar-refractivity contribution >= 4 is 17.7 Å². The Morgan fingerprint density at radius 3 is 2.50 bits per heavy atom. The minimum absolute atomic E-state index is 0.182. The van der Waals surface area contributed by atoms with Crippen molar-refractivity contribution in [2.45, 2.75) is 43.2 Å². The zero-order chi connectivity index (χ0) is 19.5. The van der Waals surface area contributed by atoms with Crippen LogP contribution in [0.5, 0.6) is 0 Å². The summed E-state index contributed by atoms with van der Waals surface area (Å²) >= 11 is 0. The van der Waals surface area contributed by atoms with E-state index in [9.17, 15) is 14.0 Å². The van der Waals surface area contributed by atoms with Crippen molar-refractivity contribution in [1.29, 1.82) is 0 Å². The smallest absolute Gasteiger partial charge is 0.414 e. The van der Waals surface area contributed by atoms with E-state index in [1.807, 2.05) is 12.1 Å². The fourth-order valence-corrected chi connectivity index (χ4v) is 4.54. The van der Waals surface area contributed by atoms with Gasteiger partial charge in [0.05, 0.1) is 18.3 Å². The monoisotopic (exact) mass is 380 g/mol. The van der Waals surface area contributed by atoms with E-state index in [4.69, 9.17) is 4.74 Å². The van der Waals surface area contributed by atoms with Crippen LogP contribution in [0.1, 0.15) is 53.1 Å². The fourth-order valence-electron chi connectivity index (χ4n) is 4.54. The van der Waals surface area contributed by atoms with E-state index in [1.165, 1.54) is 36.9 Å². The second-order valence-electron chi connectivity index (χ2n) is 7.91. The molecule has 0 bridgehead atoms. The van der Waals surface area contributed by atoms with Gasteiger partial charge in [-0.15, -0.1) is 0 Å². The van der Waals surface area contributed by atoms with Gasteiger partial charge in [0.25, 0.3) is 5.91 Å². The van der Waals surface area contributed by atoms with Gasteiger partial charge in [0.2, 0.25) is 0 Å². The Morgan fingerprint density at radius 2 is 1.89 bits per heavy atom. The summed E-state index contributed by atoms with van der Waals surface area (Å²) in [5.74, 6) is -0.213. The van der Waals surface area contributed by atoms with Gasteiger partial charge in [0, 0.05) is 17.5 Å². The van der Waals surface area contributed by atoms with Crippen molar-refractivity contribution < 1.29 is 18.7 Å². The number of rotatable bonds is 3. The van der Waals surface area contributed by atoms with Crippen LogP contribution in [0.15, 0.2) is 42.5 Å². The Morgan fingerprint density at radius 1 is 1.14 bits per heavy atom. The molecule has 0 unspecified atom stereocenters. The molecule has 5 rings (SSSR count). The molecule has 1 N–H and O–H groups in total. The predicted octanol–water partition coefficient (Wildman–Crippen LogP) is 4.08. The highest BCUT2D eigenvalue weighted by Crippen LogP contribution is 2.54. The minimum Gasteiger partial charge on any atom is -0.452 e. The summed E-state index contributed by atoms with van der Waals surface area (Å²) in [4.78, 5) is 26.6. The highest BCUT2D eigenvalue weighted by molar-refractivity contribution is 5.95. The third-order valence-electron chi connectivity index (χ3n) is 6.39. The lowest BCUT2D eigenvalue weighted by Gasteiger charge is -2.35. The van der Waals surface area contributed by atoms with E-state index < -0.39 is 0 Å². The van der Waals surface area contributed by atoms with Crippen LogP contribution in [0.4, 0.5) is 14.9 Å². The van der Waals surface area contributed by atoms with E-state index in [0.29, 0.717) is 11.5 Å². The number of nitrogens with zero attached hydrogens (tertiary/aromatic N) is 1. The number of carbonyl (C=O) groups is 2. The molecule has 2 aliphatic carbocycles. The molecular formula is C22H21FN2O3. The quantitative estimate of drug-likeness (QED) is 0.873. The Labute approximate surface area is 162 Å². The van der Waals surface area contributed by atoms with Crippen molar-refractivity contribution in [3.05, 3.63) is 65.0 Å². The Kier molecular flexibility index (Phi) is 3.73. The number of benzene rings is 2. The zero-order valence-corrected chi connectivity index (χ0v) is 15.6. The number of carbonyl (C=O) groups excluding carboxylic acids is 2. The SMILES string of the molecule is COC(=O)N1c2ccc(C3(NC(=O)c4ccc(F)cc4)CC3)cc2[C@H]2CC[C@H]21. The van der Waals surface area contributed by atoms with E-state index in [2.05, 4.69) is 11.4 Å². The fraction of sp³-hybridized carbons (Fsp3) is 0.364. The van der Waals surface area contributed by atoms with E-state index in [-0.39, 0.29) is 29.4 Å². The molecule has 144 valence electrons. The number of hydrogen-bond donors (Lipinski definition) is 1. The van der Waals surface area contributed by atoms with Crippen molar-refractivity contribution in [2.24, 2.45) is 0 Å². The van der Waals surface area contributed by atoms with E-state index in [0.717, 1.165) is 36.9 Å². The van der Waals surface area contributed by atoms with Crippen LogP contribution in [0.2, 0.25) is 0 Å². The van der Waals surface area contributed by atoms with Crippen LogP contribution in [-0.2, 0) is 10.3 Å². The standard InChI is InChI=1S/C22H21FN2O3/c1-28-21(27)25-18-9-7-16(18)17-12-14(4-8-19(17)25)22(10-11-22)24-20(26)13-2-5-15(23)6-3-13/h2-6,8,12,16,18H,7,9-11H2,1H3,(H,24,26)/t16-,18-/m1/s1. The molecule has 2 aromatic rings. The van der Waals surface area contributed by atoms with E-state index >= 15 is 0 Å². The molecule has 2 atom stereocenters. The molecule has 3 aliphatic rings. The van der Waals surface area contributed by atoms with Crippen molar-refractivity contribution in [3.63, 3.8) is 0 Å². The van der Waals surface area contributed by atoms with Gasteiger partial charge in [-0.1, -0.05) is 12.1 Å². The number of methoxy groups -OCH3 is 1. The van der Waals surface area contributed by atoms with Crippen LogP contribution in [0.25, 0.3) is 0 Å². The van der Waals surface area contributed by atoms with Gasteiger partial charge in [0.15, 0.2) is 0 Å². The lowest BCUT2D eigenvalue weighted by molar-refractivity contribution is 0.0930. The number of halogens is 1. The first-order valence-electron chi connectivity index (χ1n) is 9.62. The number of anilines is 1. The van der Waals surface area contributed by atoms with Gasteiger partial charge in [-0.05, 0) is 67.1 Å². The zero-order valence-electron chi connectivity index (χ0n) is 15.6. The molecule has 1 heterocycles. The molecule has 2 fully saturated rings. The second-order valence-corrected chi connectivity index (χ2v) is 7.91. The van der Waals surface area contributed by atoms with Crippen LogP contribution in [0.3, 0.4) is 0 Å². The van der Waals surface area contributed by atoms with Gasteiger partial charge < -0.3 is 10.1 Å². The molecule has 0 saturated heterocycles. The molecule has 5 nitrogen and oxygen atoms in total. The molecule has 2 aromatic carbocycles. The number of fused-ring (bicyclic) bond motifs is 3. The minimum atomic E-state index is -0.377. The lowest BCUT2D eigenvalue weighted by Crippen LogP contribution is -2.43. The summed E-state index contributed by atoms with van der Waals surface area (Å²) in [6.45, 7) is 0. The third-order valence-corrected chi connectivity index (χ3v) is 6.39. The van der Waals surface area contributed by atoms with Gasteiger partial charge in [-0.25, -0.2) is 9.18 Å². The van der Waals surface area contributed by atoms with Gasteiger partial charge >= 0.3 is 6.09 Å². The molecule has 0 radical (unpaired) electrons. The first kappa shape index (κ1) is 17.2. The molecular weight excluding hydrogens is 359 g/mol. The van der Waals surface area contributed by atoms with Crippen LogP contribution in [0, 0.1) is 5.82 Å². The average molecular weight is 380 g/mol. The van der Waals surface area contributed by atoms with Crippen LogP contribution < -0.4 is 10.2 Å². The van der Waals surface area contributed by atoms with Gasteiger partial charge in [-0.3, -0.25) is 9.69 Å². The number of ether oxygens (including phenoxy) is 1. The van der Waals surface area contributed by atoms with Gasteiger partial charge in [-0.2, -0.15) is 0 Å². The molecule has 28 heavy (non-hydrogen) atoms. The largest absolute Gasteiger partial charge is 0.452 e. The molecule has 0 aromatic heterocycles. The summed E-state index contributed by atoms with van der Waals surface area (Å²) in [7, 11) is 1.41. The topological polar surface area (TPSA) is 58.6 Å². The van der Waals surface area contributed by atoms with Gasteiger partial charge in [0.1, 0.15) is 5.82 Å². The van der Waals surface area contributed by atoms with Crippen molar-refractivity contribution in [3.8, 4) is 0 Å². The first-order valence-corrected chi connectivity index (χ1v) is 9.62. The van der Waals surface area contributed by atoms with E-state index in [1.54, 1.807) is 4.90 Å². The van der Waals surface area contributed by atoms with Crippen LogP contribution in [-0.4, -0.2) is 25.2 Å².